The maximum Gasteiger partial charge on any atom is 0.254 e. The van der Waals surface area contributed by atoms with Crippen LogP contribution in [-0.4, -0.2) is 19.0 Å². The molecule has 1 saturated carbocycles. The lowest BCUT2D eigenvalue weighted by molar-refractivity contribution is 0.0510. The third-order valence-electron chi connectivity index (χ3n) is 2.77. The Morgan fingerprint density at radius 3 is 1.82 bits per heavy atom. The summed E-state index contributed by atoms with van der Waals surface area (Å²) in [7, 11) is 0. The Bertz CT molecular complexity index is 155. The van der Waals surface area contributed by atoms with Crippen LogP contribution in [-0.2, 0) is 0 Å². The van der Waals surface area contributed by atoms with Crippen LogP contribution < -0.4 is 5.32 Å². The summed E-state index contributed by atoms with van der Waals surface area (Å²) >= 11 is 0. The van der Waals surface area contributed by atoms with Gasteiger partial charge in [-0.25, -0.2) is 8.78 Å². The summed E-state index contributed by atoms with van der Waals surface area (Å²) in [6.07, 6.45) is 1.47. The molecule has 1 aliphatic heterocycles. The molecule has 1 aliphatic carbocycles. The zero-order valence-corrected chi connectivity index (χ0v) is 7.02. The molecule has 1 N–H and O–H groups in total. The van der Waals surface area contributed by atoms with Gasteiger partial charge in [-0.2, -0.15) is 0 Å². The van der Waals surface area contributed by atoms with Crippen molar-refractivity contribution in [2.75, 3.05) is 13.1 Å². The predicted octanol–water partition coefficient (Wildman–Crippen LogP) is 1.82. The zero-order chi connectivity index (χ0) is 7.24. The van der Waals surface area contributed by atoms with Gasteiger partial charge < -0.3 is 5.32 Å². The number of hydrogen-bond donors (Lipinski definition) is 1. The number of alkyl halides is 2. The van der Waals surface area contributed by atoms with E-state index in [0.29, 0.717) is 12.8 Å². The first-order chi connectivity index (χ1) is 4.66. The van der Waals surface area contributed by atoms with Gasteiger partial charge in [0.1, 0.15) is 0 Å². The lowest BCUT2D eigenvalue weighted by atomic mass is 9.94. The molecule has 1 nitrogen and oxygen atoms in total. The van der Waals surface area contributed by atoms with Crippen molar-refractivity contribution in [3.05, 3.63) is 0 Å². The van der Waals surface area contributed by atoms with Crippen molar-refractivity contribution >= 4 is 12.4 Å². The van der Waals surface area contributed by atoms with Crippen molar-refractivity contribution in [3.8, 4) is 0 Å². The summed E-state index contributed by atoms with van der Waals surface area (Å²) in [6, 6.07) is 0. The second-order valence-corrected chi connectivity index (χ2v) is 3.41. The first-order valence-electron chi connectivity index (χ1n) is 3.75. The van der Waals surface area contributed by atoms with Crippen molar-refractivity contribution in [2.24, 2.45) is 5.41 Å². The van der Waals surface area contributed by atoms with Crippen LogP contribution in [0.5, 0.6) is 0 Å². The van der Waals surface area contributed by atoms with Gasteiger partial charge in [0.15, 0.2) is 0 Å². The van der Waals surface area contributed by atoms with Gasteiger partial charge in [0.2, 0.25) is 0 Å². The molecular formula is C7H12ClF2N. The highest BCUT2D eigenvalue weighted by molar-refractivity contribution is 5.85. The highest BCUT2D eigenvalue weighted by atomic mass is 35.5. The monoisotopic (exact) mass is 183 g/mol. The second-order valence-electron chi connectivity index (χ2n) is 3.41. The topological polar surface area (TPSA) is 12.0 Å². The quantitative estimate of drug-likeness (QED) is 0.604. The minimum Gasteiger partial charge on any atom is -0.317 e. The first kappa shape index (κ1) is 9.20. The maximum absolute atomic E-state index is 12.6. The van der Waals surface area contributed by atoms with Crippen LogP contribution in [0.15, 0.2) is 0 Å². The van der Waals surface area contributed by atoms with E-state index in [1.807, 2.05) is 0 Å². The van der Waals surface area contributed by atoms with Crippen LogP contribution >= 0.6 is 12.4 Å². The lowest BCUT2D eigenvalue weighted by Crippen LogP contribution is -2.31. The fraction of sp³-hybridized carbons (Fsp3) is 1.00. The first-order valence-corrected chi connectivity index (χ1v) is 3.75. The van der Waals surface area contributed by atoms with Crippen LogP contribution in [0.4, 0.5) is 8.78 Å². The molecule has 0 aromatic rings. The fourth-order valence-electron chi connectivity index (χ4n) is 1.83. The molecule has 0 atom stereocenters. The molecule has 0 unspecified atom stereocenters. The normalized spacial score (nSPS) is 31.1. The Balaban J connectivity index is 0.000000605. The average molecular weight is 184 g/mol. The van der Waals surface area contributed by atoms with Gasteiger partial charge in [-0.3, -0.25) is 0 Å². The van der Waals surface area contributed by atoms with Crippen LogP contribution in [0.25, 0.3) is 0 Å². The number of rotatable bonds is 0. The summed E-state index contributed by atoms with van der Waals surface area (Å²) < 4.78 is 25.3. The summed E-state index contributed by atoms with van der Waals surface area (Å²) in [4.78, 5) is 0. The van der Waals surface area contributed by atoms with E-state index in [1.165, 1.54) is 0 Å². The minimum absolute atomic E-state index is 0. The number of hydrogen-bond acceptors (Lipinski definition) is 1. The van der Waals surface area contributed by atoms with E-state index in [9.17, 15) is 8.78 Å². The molecule has 11 heavy (non-hydrogen) atoms. The van der Waals surface area contributed by atoms with Crippen molar-refractivity contribution in [1.82, 2.24) is 5.32 Å². The standard InChI is InChI=1S/C7H11F2N.ClH/c8-7(9)5-6(7)1-3-10-4-2-6;/h10H,1-5H2;1H. The molecule has 2 rings (SSSR count). The molecule has 2 fully saturated rings. The largest absolute Gasteiger partial charge is 0.317 e. The summed E-state index contributed by atoms with van der Waals surface area (Å²) in [5.74, 6) is -2.32. The molecule has 0 radical (unpaired) electrons. The number of halogens is 3. The van der Waals surface area contributed by atoms with E-state index in [0.717, 1.165) is 13.1 Å². The van der Waals surface area contributed by atoms with E-state index >= 15 is 0 Å². The third kappa shape index (κ3) is 1.25. The van der Waals surface area contributed by atoms with Crippen LogP contribution in [0.2, 0.25) is 0 Å². The summed E-state index contributed by atoms with van der Waals surface area (Å²) in [5.41, 5.74) is -0.571. The highest BCUT2D eigenvalue weighted by Crippen LogP contribution is 2.65. The zero-order valence-electron chi connectivity index (χ0n) is 6.20. The molecular weight excluding hydrogens is 172 g/mol. The van der Waals surface area contributed by atoms with E-state index in [2.05, 4.69) is 5.32 Å². The van der Waals surface area contributed by atoms with Gasteiger partial charge in [0, 0.05) is 11.8 Å². The van der Waals surface area contributed by atoms with Gasteiger partial charge in [0.05, 0.1) is 0 Å². The van der Waals surface area contributed by atoms with Gasteiger partial charge in [-0.1, -0.05) is 0 Å². The van der Waals surface area contributed by atoms with Gasteiger partial charge in [0.25, 0.3) is 5.92 Å². The van der Waals surface area contributed by atoms with Crippen molar-refractivity contribution in [1.29, 1.82) is 0 Å². The molecule has 1 spiro atoms. The van der Waals surface area contributed by atoms with Crippen LogP contribution in [0.1, 0.15) is 19.3 Å². The fourth-order valence-corrected chi connectivity index (χ4v) is 1.83. The van der Waals surface area contributed by atoms with Crippen LogP contribution in [0, 0.1) is 5.41 Å². The van der Waals surface area contributed by atoms with Crippen molar-refractivity contribution in [3.63, 3.8) is 0 Å². The van der Waals surface area contributed by atoms with E-state index in [1.54, 1.807) is 0 Å². The van der Waals surface area contributed by atoms with Gasteiger partial charge >= 0.3 is 0 Å². The minimum atomic E-state index is -2.32. The molecule has 1 heterocycles. The Labute approximate surface area is 71.0 Å². The van der Waals surface area contributed by atoms with E-state index in [4.69, 9.17) is 0 Å². The maximum atomic E-state index is 12.6. The number of piperidine rings is 1. The van der Waals surface area contributed by atoms with Crippen molar-refractivity contribution < 1.29 is 8.78 Å². The van der Waals surface area contributed by atoms with Crippen LogP contribution in [0.3, 0.4) is 0 Å². The Kier molecular flexibility index (Phi) is 2.14. The molecule has 66 valence electrons. The third-order valence-corrected chi connectivity index (χ3v) is 2.77. The Morgan fingerprint density at radius 1 is 1.09 bits per heavy atom. The molecule has 0 amide bonds. The molecule has 2 aliphatic rings. The Hall–Kier alpha value is 0.110. The summed E-state index contributed by atoms with van der Waals surface area (Å²) in [6.45, 7) is 1.55. The Morgan fingerprint density at radius 2 is 1.55 bits per heavy atom. The summed E-state index contributed by atoms with van der Waals surface area (Å²) in [5, 5.41) is 3.08. The molecule has 4 heteroatoms. The number of nitrogens with one attached hydrogen (secondary N) is 1. The molecule has 0 aromatic heterocycles. The van der Waals surface area contributed by atoms with E-state index in [-0.39, 0.29) is 18.8 Å². The molecule has 1 saturated heterocycles. The average Bonchev–Trinajstić information content (AvgIpc) is 2.36. The lowest BCUT2D eigenvalue weighted by Gasteiger charge is -2.21. The van der Waals surface area contributed by atoms with Gasteiger partial charge in [-0.05, 0) is 25.9 Å². The SMILES string of the molecule is Cl.FC1(F)CC12CCNCC2. The van der Waals surface area contributed by atoms with Crippen molar-refractivity contribution in [2.45, 2.75) is 25.2 Å². The molecule has 0 bridgehead atoms. The van der Waals surface area contributed by atoms with Gasteiger partial charge in [-0.15, -0.1) is 12.4 Å². The van der Waals surface area contributed by atoms with E-state index < -0.39 is 11.3 Å². The highest BCUT2D eigenvalue weighted by Gasteiger charge is 2.70. The molecule has 0 aromatic carbocycles. The smallest absolute Gasteiger partial charge is 0.254 e. The second kappa shape index (κ2) is 2.56. The predicted molar refractivity (Wildman–Crippen MR) is 41.3 cm³/mol.